The number of hydrogen-bond donors (Lipinski definition) is 0. The fraction of sp³-hybridized carbons (Fsp3) is 0.455. The first-order chi connectivity index (χ1) is 13.5. The van der Waals surface area contributed by atoms with Crippen LogP contribution in [-0.4, -0.2) is 39.5 Å². The molecule has 1 heterocycles. The number of nitrogens with zero attached hydrogens (tertiary/aromatic N) is 1. The molecule has 0 saturated carbocycles. The van der Waals surface area contributed by atoms with E-state index in [1.165, 1.54) is 4.31 Å². The van der Waals surface area contributed by atoms with E-state index in [0.29, 0.717) is 24.3 Å². The van der Waals surface area contributed by atoms with Crippen molar-refractivity contribution < 1.29 is 16.8 Å². The Morgan fingerprint density at radius 1 is 0.828 bits per heavy atom. The third-order valence-corrected chi connectivity index (χ3v) is 10.4. The Morgan fingerprint density at radius 2 is 1.34 bits per heavy atom. The zero-order chi connectivity index (χ0) is 21.6. The van der Waals surface area contributed by atoms with Gasteiger partial charge in [-0.05, 0) is 87.4 Å². The van der Waals surface area contributed by atoms with E-state index < -0.39 is 25.9 Å². The SMILES string of the molecule is Cc1c(C)c(C)c(S(=O)(=O)N2CCCC2CS(=O)(=O)c2ccccc2)c(C)c1C. The van der Waals surface area contributed by atoms with E-state index in [4.69, 9.17) is 0 Å². The molecule has 1 aliphatic heterocycles. The summed E-state index contributed by atoms with van der Waals surface area (Å²) in [5, 5.41) is 0. The van der Waals surface area contributed by atoms with Crippen molar-refractivity contribution in [3.8, 4) is 0 Å². The second kappa shape index (κ2) is 7.85. The predicted octanol–water partition coefficient (Wildman–Crippen LogP) is 3.86. The van der Waals surface area contributed by atoms with Crippen LogP contribution in [0.3, 0.4) is 0 Å². The molecule has 7 heteroatoms. The van der Waals surface area contributed by atoms with Crippen LogP contribution in [0.5, 0.6) is 0 Å². The van der Waals surface area contributed by atoms with Gasteiger partial charge in [-0.25, -0.2) is 16.8 Å². The number of sulfonamides is 1. The molecule has 1 saturated heterocycles. The summed E-state index contributed by atoms with van der Waals surface area (Å²) in [5.41, 5.74) is 4.55. The number of sulfone groups is 1. The van der Waals surface area contributed by atoms with Crippen LogP contribution >= 0.6 is 0 Å². The minimum atomic E-state index is -3.80. The molecule has 0 amide bonds. The molecule has 1 atom stereocenters. The summed E-state index contributed by atoms with van der Waals surface area (Å²) in [6.07, 6.45) is 1.21. The Balaban J connectivity index is 2.02. The van der Waals surface area contributed by atoms with Crippen LogP contribution in [0.4, 0.5) is 0 Å². The van der Waals surface area contributed by atoms with E-state index in [-0.39, 0.29) is 10.6 Å². The summed E-state index contributed by atoms with van der Waals surface area (Å²) in [6.45, 7) is 9.92. The van der Waals surface area contributed by atoms with Crippen LogP contribution < -0.4 is 0 Å². The highest BCUT2D eigenvalue weighted by Gasteiger charge is 2.39. The molecule has 0 N–H and O–H groups in total. The van der Waals surface area contributed by atoms with Gasteiger partial charge in [0.2, 0.25) is 10.0 Å². The van der Waals surface area contributed by atoms with Crippen molar-refractivity contribution >= 4 is 19.9 Å². The second-order valence-corrected chi connectivity index (χ2v) is 11.8. The van der Waals surface area contributed by atoms with Gasteiger partial charge in [-0.15, -0.1) is 0 Å². The standard InChI is InChI=1S/C22H29NO4S2/c1-15-16(2)18(4)22(19(5)17(15)3)29(26,27)23-13-9-10-20(23)14-28(24,25)21-11-7-6-8-12-21/h6-8,11-12,20H,9-10,13-14H2,1-5H3. The van der Waals surface area contributed by atoms with Crippen molar-refractivity contribution in [1.82, 2.24) is 4.31 Å². The summed E-state index contributed by atoms with van der Waals surface area (Å²) in [6, 6.07) is 7.69. The lowest BCUT2D eigenvalue weighted by Gasteiger charge is -2.27. The maximum Gasteiger partial charge on any atom is 0.243 e. The van der Waals surface area contributed by atoms with E-state index in [2.05, 4.69) is 0 Å². The van der Waals surface area contributed by atoms with Gasteiger partial charge in [0.25, 0.3) is 0 Å². The molecule has 158 valence electrons. The van der Waals surface area contributed by atoms with Crippen LogP contribution in [0.25, 0.3) is 0 Å². The molecule has 29 heavy (non-hydrogen) atoms. The highest BCUT2D eigenvalue weighted by atomic mass is 32.2. The van der Waals surface area contributed by atoms with Crippen molar-refractivity contribution in [2.24, 2.45) is 0 Å². The van der Waals surface area contributed by atoms with E-state index in [1.807, 2.05) is 34.6 Å². The average molecular weight is 436 g/mol. The summed E-state index contributed by atoms with van der Waals surface area (Å²) in [5.74, 6) is -0.196. The summed E-state index contributed by atoms with van der Waals surface area (Å²) < 4.78 is 54.5. The zero-order valence-corrected chi connectivity index (χ0v) is 19.3. The smallest absolute Gasteiger partial charge is 0.224 e. The van der Waals surface area contributed by atoms with Crippen LogP contribution in [0.2, 0.25) is 0 Å². The van der Waals surface area contributed by atoms with Gasteiger partial charge in [0, 0.05) is 12.6 Å². The van der Waals surface area contributed by atoms with Gasteiger partial charge in [-0.3, -0.25) is 0 Å². The predicted molar refractivity (Wildman–Crippen MR) is 116 cm³/mol. The lowest BCUT2D eigenvalue weighted by atomic mass is 9.95. The maximum absolute atomic E-state index is 13.7. The molecule has 0 aromatic heterocycles. The van der Waals surface area contributed by atoms with Crippen LogP contribution in [0.1, 0.15) is 40.7 Å². The topological polar surface area (TPSA) is 71.5 Å². The summed E-state index contributed by atoms with van der Waals surface area (Å²) >= 11 is 0. The maximum atomic E-state index is 13.7. The molecule has 1 fully saturated rings. The van der Waals surface area contributed by atoms with Crippen molar-refractivity contribution in [2.75, 3.05) is 12.3 Å². The van der Waals surface area contributed by atoms with E-state index in [0.717, 1.165) is 27.8 Å². The minimum absolute atomic E-state index is 0.196. The molecule has 0 radical (unpaired) electrons. The highest BCUT2D eigenvalue weighted by molar-refractivity contribution is 7.91. The van der Waals surface area contributed by atoms with Gasteiger partial charge in [-0.2, -0.15) is 4.31 Å². The number of benzene rings is 2. The Labute approximate surface area is 174 Å². The van der Waals surface area contributed by atoms with Gasteiger partial charge in [0.1, 0.15) is 0 Å². The lowest BCUT2D eigenvalue weighted by Crippen LogP contribution is -2.40. The monoisotopic (exact) mass is 435 g/mol. The van der Waals surface area contributed by atoms with E-state index >= 15 is 0 Å². The van der Waals surface area contributed by atoms with Crippen molar-refractivity contribution in [3.05, 3.63) is 58.1 Å². The van der Waals surface area contributed by atoms with E-state index in [9.17, 15) is 16.8 Å². The fourth-order valence-electron chi connectivity index (χ4n) is 4.24. The molecule has 1 unspecified atom stereocenters. The number of hydrogen-bond acceptors (Lipinski definition) is 4. The minimum Gasteiger partial charge on any atom is -0.224 e. The molecule has 0 aliphatic carbocycles. The van der Waals surface area contributed by atoms with E-state index in [1.54, 1.807) is 30.3 Å². The highest BCUT2D eigenvalue weighted by Crippen LogP contribution is 2.35. The Bertz CT molecular complexity index is 1110. The molecule has 5 nitrogen and oxygen atoms in total. The van der Waals surface area contributed by atoms with Crippen LogP contribution in [0.15, 0.2) is 40.1 Å². The van der Waals surface area contributed by atoms with Crippen LogP contribution in [-0.2, 0) is 19.9 Å². The first-order valence-electron chi connectivity index (χ1n) is 9.85. The van der Waals surface area contributed by atoms with Crippen molar-refractivity contribution in [1.29, 1.82) is 0 Å². The van der Waals surface area contributed by atoms with Gasteiger partial charge in [0.15, 0.2) is 9.84 Å². The molecule has 0 spiro atoms. The second-order valence-electron chi connectivity index (χ2n) is 7.96. The first kappa shape index (κ1) is 22.0. The third-order valence-electron chi connectivity index (χ3n) is 6.34. The van der Waals surface area contributed by atoms with Gasteiger partial charge < -0.3 is 0 Å². The Kier molecular flexibility index (Phi) is 5.96. The largest absolute Gasteiger partial charge is 0.243 e. The van der Waals surface area contributed by atoms with Crippen molar-refractivity contribution in [2.45, 2.75) is 63.3 Å². The molecule has 3 rings (SSSR count). The average Bonchev–Trinajstić information content (AvgIpc) is 3.14. The summed E-state index contributed by atoms with van der Waals surface area (Å²) in [4.78, 5) is 0.570. The Morgan fingerprint density at radius 3 is 1.90 bits per heavy atom. The van der Waals surface area contributed by atoms with Gasteiger partial charge >= 0.3 is 0 Å². The van der Waals surface area contributed by atoms with Gasteiger partial charge in [0.05, 0.1) is 15.5 Å². The molecule has 1 aliphatic rings. The van der Waals surface area contributed by atoms with Gasteiger partial charge in [-0.1, -0.05) is 18.2 Å². The molecule has 2 aromatic carbocycles. The third kappa shape index (κ3) is 3.88. The fourth-order valence-corrected chi connectivity index (χ4v) is 8.21. The van der Waals surface area contributed by atoms with Crippen LogP contribution in [0, 0.1) is 34.6 Å². The zero-order valence-electron chi connectivity index (χ0n) is 17.7. The normalized spacial score (nSPS) is 18.3. The Hall–Kier alpha value is -1.70. The first-order valence-corrected chi connectivity index (χ1v) is 12.9. The van der Waals surface area contributed by atoms with Crippen molar-refractivity contribution in [3.63, 3.8) is 0 Å². The molecular weight excluding hydrogens is 406 g/mol. The lowest BCUT2D eigenvalue weighted by molar-refractivity contribution is 0.407. The number of rotatable bonds is 5. The summed E-state index contributed by atoms with van der Waals surface area (Å²) in [7, 11) is -7.37. The molecule has 2 aromatic rings. The molecular formula is C22H29NO4S2. The quantitative estimate of drug-likeness (QED) is 0.715. The molecule has 0 bridgehead atoms.